The highest BCUT2D eigenvalue weighted by molar-refractivity contribution is 7.99. The first-order valence-corrected chi connectivity index (χ1v) is 7.94. The van der Waals surface area contributed by atoms with Crippen molar-refractivity contribution >= 4 is 11.8 Å². The van der Waals surface area contributed by atoms with Crippen LogP contribution in [0.3, 0.4) is 0 Å². The normalized spacial score (nSPS) is 22.9. The summed E-state index contributed by atoms with van der Waals surface area (Å²) in [6.45, 7) is 7.53. The summed E-state index contributed by atoms with van der Waals surface area (Å²) in [5, 5.41) is 0.725. The number of nitrogens with two attached hydrogens (primary N) is 1. The van der Waals surface area contributed by atoms with Crippen molar-refractivity contribution in [2.45, 2.75) is 31.6 Å². The largest absolute Gasteiger partial charge is 0.329 e. The van der Waals surface area contributed by atoms with Crippen LogP contribution in [-0.4, -0.2) is 35.5 Å². The van der Waals surface area contributed by atoms with Crippen LogP contribution >= 0.6 is 11.8 Å². The zero-order chi connectivity index (χ0) is 13.0. The van der Waals surface area contributed by atoms with Crippen LogP contribution in [0.1, 0.15) is 31.0 Å². The van der Waals surface area contributed by atoms with Gasteiger partial charge in [0.05, 0.1) is 0 Å². The molecule has 2 atom stereocenters. The molecule has 2 nitrogen and oxygen atoms in total. The van der Waals surface area contributed by atoms with E-state index in [1.165, 1.54) is 16.9 Å². The van der Waals surface area contributed by atoms with Crippen molar-refractivity contribution in [2.75, 3.05) is 25.4 Å². The number of aryl methyl sites for hydroxylation is 1. The van der Waals surface area contributed by atoms with Gasteiger partial charge in [0.15, 0.2) is 0 Å². The SMILES string of the molecule is CCc1ccc(C(CN)N2CCSC(C)C2)cc1. The Kier molecular flexibility index (Phi) is 5.10. The average Bonchev–Trinajstić information content (AvgIpc) is 2.40. The molecule has 1 aliphatic rings. The van der Waals surface area contributed by atoms with Crippen molar-refractivity contribution in [1.82, 2.24) is 4.90 Å². The average molecular weight is 264 g/mol. The van der Waals surface area contributed by atoms with E-state index in [2.05, 4.69) is 54.8 Å². The van der Waals surface area contributed by atoms with E-state index in [1.807, 2.05) is 0 Å². The Balaban J connectivity index is 2.11. The van der Waals surface area contributed by atoms with Gasteiger partial charge in [-0.3, -0.25) is 4.90 Å². The number of hydrogen-bond acceptors (Lipinski definition) is 3. The second-order valence-corrected chi connectivity index (χ2v) is 6.57. The molecule has 1 aromatic rings. The van der Waals surface area contributed by atoms with Crippen LogP contribution in [0.25, 0.3) is 0 Å². The summed E-state index contributed by atoms with van der Waals surface area (Å²) in [6, 6.07) is 9.37. The Labute approximate surface area is 115 Å². The molecule has 3 heteroatoms. The molecule has 2 N–H and O–H groups in total. The molecule has 0 aliphatic carbocycles. The number of rotatable bonds is 4. The van der Waals surface area contributed by atoms with E-state index in [0.717, 1.165) is 24.8 Å². The highest BCUT2D eigenvalue weighted by atomic mass is 32.2. The molecule has 1 heterocycles. The smallest absolute Gasteiger partial charge is 0.0471 e. The maximum atomic E-state index is 6.00. The molecule has 0 radical (unpaired) electrons. The van der Waals surface area contributed by atoms with E-state index in [-0.39, 0.29) is 0 Å². The minimum absolute atomic E-state index is 0.388. The molecule has 0 saturated carbocycles. The molecule has 0 bridgehead atoms. The molecule has 2 rings (SSSR count). The predicted molar refractivity (Wildman–Crippen MR) is 81.1 cm³/mol. The van der Waals surface area contributed by atoms with E-state index >= 15 is 0 Å². The van der Waals surface area contributed by atoms with Crippen LogP contribution < -0.4 is 5.73 Å². The number of thioether (sulfide) groups is 1. The minimum atomic E-state index is 0.388. The predicted octanol–water partition coefficient (Wildman–Crippen LogP) is 2.69. The molecule has 0 amide bonds. The number of hydrogen-bond donors (Lipinski definition) is 1. The molecule has 100 valence electrons. The Hall–Kier alpha value is -0.510. The first kappa shape index (κ1) is 13.9. The lowest BCUT2D eigenvalue weighted by Crippen LogP contribution is -2.42. The summed E-state index contributed by atoms with van der Waals surface area (Å²) in [5.41, 5.74) is 8.77. The Morgan fingerprint density at radius 1 is 1.39 bits per heavy atom. The lowest BCUT2D eigenvalue weighted by molar-refractivity contribution is 0.211. The summed E-state index contributed by atoms with van der Waals surface area (Å²) in [4.78, 5) is 2.54. The van der Waals surface area contributed by atoms with E-state index in [0.29, 0.717) is 12.6 Å². The van der Waals surface area contributed by atoms with Crippen molar-refractivity contribution in [1.29, 1.82) is 0 Å². The topological polar surface area (TPSA) is 29.3 Å². The summed E-state index contributed by atoms with van der Waals surface area (Å²) < 4.78 is 0. The molecule has 2 unspecified atom stereocenters. The third-order valence-electron chi connectivity index (χ3n) is 3.71. The maximum absolute atomic E-state index is 6.00. The Morgan fingerprint density at radius 2 is 2.11 bits per heavy atom. The molecule has 0 aromatic heterocycles. The van der Waals surface area contributed by atoms with E-state index in [1.54, 1.807) is 0 Å². The third-order valence-corrected chi connectivity index (χ3v) is 4.85. The molecular formula is C15H24N2S. The highest BCUT2D eigenvalue weighted by Gasteiger charge is 2.24. The summed E-state index contributed by atoms with van der Waals surface area (Å²) >= 11 is 2.07. The van der Waals surface area contributed by atoms with Crippen LogP contribution in [-0.2, 0) is 6.42 Å². The fraction of sp³-hybridized carbons (Fsp3) is 0.600. The summed E-state index contributed by atoms with van der Waals surface area (Å²) in [7, 11) is 0. The lowest BCUT2D eigenvalue weighted by Gasteiger charge is -2.36. The van der Waals surface area contributed by atoms with Gasteiger partial charge in [-0.2, -0.15) is 11.8 Å². The van der Waals surface area contributed by atoms with Gasteiger partial charge in [-0.05, 0) is 17.5 Å². The molecule has 1 saturated heterocycles. The number of benzene rings is 1. The Bertz CT molecular complexity index is 363. The summed E-state index contributed by atoms with van der Waals surface area (Å²) in [6.07, 6.45) is 1.10. The number of nitrogens with zero attached hydrogens (tertiary/aromatic N) is 1. The third kappa shape index (κ3) is 3.28. The lowest BCUT2D eigenvalue weighted by atomic mass is 10.0. The zero-order valence-electron chi connectivity index (χ0n) is 11.4. The van der Waals surface area contributed by atoms with Crippen LogP contribution in [0.2, 0.25) is 0 Å². The zero-order valence-corrected chi connectivity index (χ0v) is 12.2. The first-order chi connectivity index (χ1) is 8.74. The van der Waals surface area contributed by atoms with E-state index < -0.39 is 0 Å². The van der Waals surface area contributed by atoms with Crippen molar-refractivity contribution in [2.24, 2.45) is 5.73 Å². The molecule has 1 fully saturated rings. The van der Waals surface area contributed by atoms with E-state index in [9.17, 15) is 0 Å². The van der Waals surface area contributed by atoms with Gasteiger partial charge in [0.1, 0.15) is 0 Å². The molecule has 1 aliphatic heterocycles. The van der Waals surface area contributed by atoms with Gasteiger partial charge in [-0.15, -0.1) is 0 Å². The first-order valence-electron chi connectivity index (χ1n) is 6.89. The fourth-order valence-electron chi connectivity index (χ4n) is 2.60. The van der Waals surface area contributed by atoms with Crippen molar-refractivity contribution in [3.05, 3.63) is 35.4 Å². The second-order valence-electron chi connectivity index (χ2n) is 5.02. The van der Waals surface area contributed by atoms with Gasteiger partial charge in [0.25, 0.3) is 0 Å². The summed E-state index contributed by atoms with van der Waals surface area (Å²) in [5.74, 6) is 1.23. The second kappa shape index (κ2) is 6.60. The quantitative estimate of drug-likeness (QED) is 0.906. The van der Waals surface area contributed by atoms with Crippen molar-refractivity contribution in [3.8, 4) is 0 Å². The standard InChI is InChI=1S/C15H24N2S/c1-3-13-4-6-14(7-5-13)15(10-16)17-8-9-18-12(2)11-17/h4-7,12,15H,3,8-11,16H2,1-2H3. The van der Waals surface area contributed by atoms with Gasteiger partial charge in [-0.1, -0.05) is 38.1 Å². The molecular weight excluding hydrogens is 240 g/mol. The van der Waals surface area contributed by atoms with Crippen molar-refractivity contribution < 1.29 is 0 Å². The van der Waals surface area contributed by atoms with Crippen LogP contribution in [0.4, 0.5) is 0 Å². The maximum Gasteiger partial charge on any atom is 0.0471 e. The van der Waals surface area contributed by atoms with Crippen LogP contribution in [0.5, 0.6) is 0 Å². The van der Waals surface area contributed by atoms with Crippen molar-refractivity contribution in [3.63, 3.8) is 0 Å². The molecule has 1 aromatic carbocycles. The molecule has 18 heavy (non-hydrogen) atoms. The highest BCUT2D eigenvalue weighted by Crippen LogP contribution is 2.26. The van der Waals surface area contributed by atoms with Crippen LogP contribution in [0, 0.1) is 0 Å². The van der Waals surface area contributed by atoms with Gasteiger partial charge < -0.3 is 5.73 Å². The monoisotopic (exact) mass is 264 g/mol. The minimum Gasteiger partial charge on any atom is -0.329 e. The fourth-order valence-corrected chi connectivity index (χ4v) is 3.64. The van der Waals surface area contributed by atoms with Crippen LogP contribution in [0.15, 0.2) is 24.3 Å². The van der Waals surface area contributed by atoms with E-state index in [4.69, 9.17) is 5.73 Å². The van der Waals surface area contributed by atoms with Gasteiger partial charge >= 0.3 is 0 Å². The molecule has 0 spiro atoms. The van der Waals surface area contributed by atoms with Gasteiger partial charge in [0.2, 0.25) is 0 Å². The van der Waals surface area contributed by atoms with Gasteiger partial charge in [0, 0.05) is 36.7 Å². The van der Waals surface area contributed by atoms with Gasteiger partial charge in [-0.25, -0.2) is 0 Å². The Morgan fingerprint density at radius 3 is 2.67 bits per heavy atom.